The third-order valence-electron chi connectivity index (χ3n) is 2.39. The summed E-state index contributed by atoms with van der Waals surface area (Å²) in [5, 5.41) is 6.47. The summed E-state index contributed by atoms with van der Waals surface area (Å²) in [7, 11) is 0. The van der Waals surface area contributed by atoms with E-state index in [9.17, 15) is 9.18 Å². The van der Waals surface area contributed by atoms with E-state index in [1.54, 1.807) is 6.92 Å². The number of nitrogens with two attached hydrogens (primary N) is 1. The number of nitrogen functional groups attached to an aromatic ring is 1. The maximum absolute atomic E-state index is 12.8. The number of hydrogen-bond donors (Lipinski definition) is 2. The van der Waals surface area contributed by atoms with E-state index in [4.69, 9.17) is 10.5 Å². The van der Waals surface area contributed by atoms with E-state index < -0.39 is 5.97 Å². The Morgan fingerprint density at radius 2 is 2.11 bits per heavy atom. The third-order valence-corrected chi connectivity index (χ3v) is 2.39. The van der Waals surface area contributed by atoms with Crippen LogP contribution in [0.5, 0.6) is 0 Å². The highest BCUT2D eigenvalue weighted by Crippen LogP contribution is 2.26. The van der Waals surface area contributed by atoms with Crippen molar-refractivity contribution in [2.45, 2.75) is 6.92 Å². The van der Waals surface area contributed by atoms with Gasteiger partial charge in [-0.15, -0.1) is 0 Å². The largest absolute Gasteiger partial charge is 0.462 e. The van der Waals surface area contributed by atoms with Gasteiger partial charge in [0.25, 0.3) is 0 Å². The third kappa shape index (κ3) is 2.17. The first-order valence-electron chi connectivity index (χ1n) is 5.40. The zero-order valence-electron chi connectivity index (χ0n) is 9.74. The van der Waals surface area contributed by atoms with Gasteiger partial charge in [-0.05, 0) is 31.2 Å². The Kier molecular flexibility index (Phi) is 3.27. The first-order valence-corrected chi connectivity index (χ1v) is 5.40. The van der Waals surface area contributed by atoms with E-state index in [2.05, 4.69) is 10.2 Å². The molecule has 3 N–H and O–H groups in total. The molecule has 1 heterocycles. The van der Waals surface area contributed by atoms with Gasteiger partial charge in [-0.25, -0.2) is 9.18 Å². The molecule has 5 nitrogen and oxygen atoms in total. The minimum atomic E-state index is -0.553. The fourth-order valence-electron chi connectivity index (χ4n) is 1.58. The van der Waals surface area contributed by atoms with Gasteiger partial charge in [-0.2, -0.15) is 5.10 Å². The summed E-state index contributed by atoms with van der Waals surface area (Å²) >= 11 is 0. The monoisotopic (exact) mass is 249 g/mol. The zero-order valence-corrected chi connectivity index (χ0v) is 9.74. The van der Waals surface area contributed by atoms with Crippen LogP contribution in [0.15, 0.2) is 24.3 Å². The van der Waals surface area contributed by atoms with Crippen molar-refractivity contribution in [1.29, 1.82) is 0 Å². The number of H-pyrrole nitrogens is 1. The van der Waals surface area contributed by atoms with Crippen LogP contribution in [-0.4, -0.2) is 22.8 Å². The number of aromatic nitrogens is 2. The lowest BCUT2D eigenvalue weighted by Crippen LogP contribution is -2.07. The second kappa shape index (κ2) is 4.87. The lowest BCUT2D eigenvalue weighted by Gasteiger charge is -2.03. The summed E-state index contributed by atoms with van der Waals surface area (Å²) in [6.07, 6.45) is 0. The first-order chi connectivity index (χ1) is 8.63. The predicted molar refractivity (Wildman–Crippen MR) is 64.4 cm³/mol. The highest BCUT2D eigenvalue weighted by molar-refractivity contribution is 6.00. The number of nitrogens with zero attached hydrogens (tertiary/aromatic N) is 1. The Bertz CT molecular complexity index is 563. The van der Waals surface area contributed by atoms with Crippen LogP contribution in [0, 0.1) is 5.82 Å². The van der Waals surface area contributed by atoms with Crippen LogP contribution in [0.25, 0.3) is 11.3 Å². The van der Waals surface area contributed by atoms with Crippen molar-refractivity contribution in [3.05, 3.63) is 35.6 Å². The summed E-state index contributed by atoms with van der Waals surface area (Å²) < 4.78 is 17.7. The van der Waals surface area contributed by atoms with Crippen LogP contribution in [0.3, 0.4) is 0 Å². The first kappa shape index (κ1) is 12.1. The normalized spacial score (nSPS) is 10.3. The van der Waals surface area contributed by atoms with Crippen molar-refractivity contribution in [3.8, 4) is 11.3 Å². The van der Waals surface area contributed by atoms with Crippen molar-refractivity contribution in [2.24, 2.45) is 0 Å². The molecule has 1 aromatic heterocycles. The number of anilines is 1. The van der Waals surface area contributed by atoms with Crippen molar-refractivity contribution in [3.63, 3.8) is 0 Å². The van der Waals surface area contributed by atoms with Crippen molar-refractivity contribution >= 4 is 11.8 Å². The van der Waals surface area contributed by atoms with Crippen molar-refractivity contribution in [1.82, 2.24) is 10.2 Å². The number of nitrogens with one attached hydrogen (secondary N) is 1. The highest BCUT2D eigenvalue weighted by Gasteiger charge is 2.21. The molecule has 0 unspecified atom stereocenters. The van der Waals surface area contributed by atoms with E-state index in [1.165, 1.54) is 24.3 Å². The van der Waals surface area contributed by atoms with Crippen LogP contribution in [0.1, 0.15) is 17.3 Å². The molecular weight excluding hydrogens is 237 g/mol. The van der Waals surface area contributed by atoms with Crippen LogP contribution in [0.2, 0.25) is 0 Å². The van der Waals surface area contributed by atoms with Crippen LogP contribution in [-0.2, 0) is 4.74 Å². The number of hydrogen-bond acceptors (Lipinski definition) is 4. The number of carbonyl (C=O) groups excluding carboxylic acids is 1. The fraction of sp³-hybridized carbons (Fsp3) is 0.167. The molecule has 94 valence electrons. The molecular formula is C12H12FN3O2. The molecule has 0 aliphatic heterocycles. The number of esters is 1. The lowest BCUT2D eigenvalue weighted by molar-refractivity contribution is 0.0528. The maximum atomic E-state index is 12.8. The zero-order chi connectivity index (χ0) is 13.1. The molecule has 0 atom stereocenters. The number of aromatic amines is 1. The van der Waals surface area contributed by atoms with E-state index >= 15 is 0 Å². The van der Waals surface area contributed by atoms with Gasteiger partial charge in [0, 0.05) is 5.56 Å². The maximum Gasteiger partial charge on any atom is 0.344 e. The molecule has 1 aromatic carbocycles. The molecule has 2 rings (SSSR count). The smallest absolute Gasteiger partial charge is 0.344 e. The van der Waals surface area contributed by atoms with Crippen LogP contribution in [0.4, 0.5) is 10.2 Å². The van der Waals surface area contributed by atoms with Gasteiger partial charge in [-0.3, -0.25) is 5.10 Å². The SMILES string of the molecule is CCOC(=O)c1c(-c2ccc(F)cc2)n[nH]c1N. The minimum absolute atomic E-state index is 0.132. The Labute approximate surface area is 103 Å². The number of ether oxygens (including phenoxy) is 1. The summed E-state index contributed by atoms with van der Waals surface area (Å²) in [6.45, 7) is 1.94. The summed E-state index contributed by atoms with van der Waals surface area (Å²) in [4.78, 5) is 11.8. The molecule has 6 heteroatoms. The molecule has 0 saturated heterocycles. The molecule has 0 radical (unpaired) electrons. The number of benzene rings is 1. The predicted octanol–water partition coefficient (Wildman–Crippen LogP) is 1.97. The van der Waals surface area contributed by atoms with Gasteiger partial charge in [0.05, 0.1) is 6.61 Å². The molecule has 2 aromatic rings. The molecule has 0 amide bonds. The van der Waals surface area contributed by atoms with Gasteiger partial charge >= 0.3 is 5.97 Å². The second-order valence-corrected chi connectivity index (χ2v) is 3.59. The van der Waals surface area contributed by atoms with E-state index in [-0.39, 0.29) is 23.8 Å². The Hall–Kier alpha value is -2.37. The van der Waals surface area contributed by atoms with Crippen molar-refractivity contribution < 1.29 is 13.9 Å². The quantitative estimate of drug-likeness (QED) is 0.815. The van der Waals surface area contributed by atoms with Crippen molar-refractivity contribution in [2.75, 3.05) is 12.3 Å². The average Bonchev–Trinajstić information content (AvgIpc) is 2.72. The Morgan fingerprint density at radius 3 is 2.72 bits per heavy atom. The highest BCUT2D eigenvalue weighted by atomic mass is 19.1. The number of carbonyl (C=O) groups is 1. The van der Waals surface area contributed by atoms with Crippen LogP contribution < -0.4 is 5.73 Å². The van der Waals surface area contributed by atoms with E-state index in [0.29, 0.717) is 11.3 Å². The Morgan fingerprint density at radius 1 is 1.44 bits per heavy atom. The Balaban J connectivity index is 2.45. The summed E-state index contributed by atoms with van der Waals surface area (Å²) in [5.74, 6) is -0.782. The number of halogens is 1. The average molecular weight is 249 g/mol. The second-order valence-electron chi connectivity index (χ2n) is 3.59. The fourth-order valence-corrected chi connectivity index (χ4v) is 1.58. The molecule has 0 aliphatic rings. The van der Waals surface area contributed by atoms with Gasteiger partial charge in [0.1, 0.15) is 22.9 Å². The standard InChI is InChI=1S/C12H12FN3O2/c1-2-18-12(17)9-10(15-16-11(9)14)7-3-5-8(13)6-4-7/h3-6H,2H2,1H3,(H3,14,15,16). The minimum Gasteiger partial charge on any atom is -0.462 e. The van der Waals surface area contributed by atoms with Crippen LogP contribution >= 0.6 is 0 Å². The van der Waals surface area contributed by atoms with Gasteiger partial charge in [0.15, 0.2) is 0 Å². The van der Waals surface area contributed by atoms with Gasteiger partial charge in [0.2, 0.25) is 0 Å². The molecule has 18 heavy (non-hydrogen) atoms. The van der Waals surface area contributed by atoms with Gasteiger partial charge in [-0.1, -0.05) is 0 Å². The molecule has 0 aliphatic carbocycles. The lowest BCUT2D eigenvalue weighted by atomic mass is 10.1. The molecule has 0 bridgehead atoms. The molecule has 0 saturated carbocycles. The molecule has 0 fully saturated rings. The topological polar surface area (TPSA) is 81.0 Å². The number of rotatable bonds is 3. The summed E-state index contributed by atoms with van der Waals surface area (Å²) in [6, 6.07) is 5.62. The van der Waals surface area contributed by atoms with E-state index in [1.807, 2.05) is 0 Å². The molecule has 0 spiro atoms. The van der Waals surface area contributed by atoms with E-state index in [0.717, 1.165) is 0 Å². The summed E-state index contributed by atoms with van der Waals surface area (Å²) in [5.41, 5.74) is 6.76. The van der Waals surface area contributed by atoms with Gasteiger partial charge < -0.3 is 10.5 Å².